The maximum Gasteiger partial charge on any atom is 0.123 e. The molecule has 1 unspecified atom stereocenters. The van der Waals surface area contributed by atoms with Gasteiger partial charge >= 0.3 is 0 Å². The van der Waals surface area contributed by atoms with Crippen molar-refractivity contribution in [1.29, 1.82) is 0 Å². The van der Waals surface area contributed by atoms with Gasteiger partial charge < -0.3 is 15.3 Å². The number of rotatable bonds is 10. The third-order valence-corrected chi connectivity index (χ3v) is 8.36. The van der Waals surface area contributed by atoms with Crippen LogP contribution in [0.15, 0.2) is 91.0 Å². The van der Waals surface area contributed by atoms with Gasteiger partial charge in [0.2, 0.25) is 0 Å². The summed E-state index contributed by atoms with van der Waals surface area (Å²) < 4.78 is 0. The first-order valence-corrected chi connectivity index (χ1v) is 15.6. The normalized spacial score (nSPS) is 15.3. The third kappa shape index (κ3) is 7.97. The van der Waals surface area contributed by atoms with Crippen molar-refractivity contribution in [1.82, 2.24) is 0 Å². The van der Waals surface area contributed by atoms with E-state index in [1.54, 1.807) is 0 Å². The number of para-hydroxylation sites is 1. The summed E-state index contributed by atoms with van der Waals surface area (Å²) in [5.74, 6) is 2.43. The molecule has 0 aliphatic heterocycles. The van der Waals surface area contributed by atoms with E-state index < -0.39 is 0 Å². The number of hydrogen-bond acceptors (Lipinski definition) is 4. The smallest absolute Gasteiger partial charge is 0.123 e. The van der Waals surface area contributed by atoms with E-state index in [-0.39, 0.29) is 10.8 Å². The standard InChI is InChI=1S/C36H46N2OS/c1-35(2,3)32-24-27(25-33(34(32)39)36(4,5)6)14-13-23-40-26-38(30-17-11-8-12-18-30)31-21-19-29(20-22-31)37-28-15-9-7-10-16-28/h7-12,15,17-22,24-25,28,37,39H,13-14,16,23,26H2,1-6H3. The zero-order valence-corrected chi connectivity index (χ0v) is 25.9. The van der Waals surface area contributed by atoms with E-state index in [0.717, 1.165) is 47.7 Å². The number of hydrogen-bond donors (Lipinski definition) is 2. The maximum absolute atomic E-state index is 11.1. The second-order valence-electron chi connectivity index (χ2n) is 12.8. The molecule has 1 aliphatic rings. The Morgan fingerprint density at radius 3 is 2.05 bits per heavy atom. The van der Waals surface area contributed by atoms with Crippen LogP contribution in [0, 0.1) is 0 Å². The minimum absolute atomic E-state index is 0.0970. The average molecular weight is 555 g/mol. The van der Waals surface area contributed by atoms with E-state index in [9.17, 15) is 5.11 Å². The van der Waals surface area contributed by atoms with Gasteiger partial charge in [-0.3, -0.25) is 0 Å². The molecule has 3 aromatic carbocycles. The van der Waals surface area contributed by atoms with Gasteiger partial charge in [0.05, 0.1) is 5.88 Å². The molecule has 1 atom stereocenters. The van der Waals surface area contributed by atoms with Crippen LogP contribution in [0.2, 0.25) is 0 Å². The number of benzene rings is 3. The van der Waals surface area contributed by atoms with Crippen LogP contribution in [0.3, 0.4) is 0 Å². The molecule has 0 aromatic heterocycles. The van der Waals surface area contributed by atoms with E-state index in [4.69, 9.17) is 0 Å². The summed E-state index contributed by atoms with van der Waals surface area (Å²) >= 11 is 1.97. The van der Waals surface area contributed by atoms with Crippen LogP contribution in [0.5, 0.6) is 5.75 Å². The van der Waals surface area contributed by atoms with Gasteiger partial charge in [0.15, 0.2) is 0 Å². The number of allylic oxidation sites excluding steroid dienone is 2. The molecule has 3 nitrogen and oxygen atoms in total. The molecule has 0 bridgehead atoms. The quantitative estimate of drug-likeness (QED) is 0.193. The van der Waals surface area contributed by atoms with Crippen molar-refractivity contribution < 1.29 is 5.11 Å². The Kier molecular flexibility index (Phi) is 9.73. The molecule has 0 spiro atoms. The molecule has 2 N–H and O–H groups in total. The van der Waals surface area contributed by atoms with Crippen molar-refractivity contribution in [3.05, 3.63) is 108 Å². The Morgan fingerprint density at radius 1 is 0.850 bits per heavy atom. The molecule has 212 valence electrons. The van der Waals surface area contributed by atoms with E-state index in [0.29, 0.717) is 11.8 Å². The minimum Gasteiger partial charge on any atom is -0.507 e. The number of nitrogens with zero attached hydrogens (tertiary/aromatic N) is 1. The lowest BCUT2D eigenvalue weighted by Gasteiger charge is -2.28. The molecule has 1 aliphatic carbocycles. The molecule has 3 aromatic rings. The largest absolute Gasteiger partial charge is 0.507 e. The number of anilines is 3. The first kappa shape index (κ1) is 29.9. The van der Waals surface area contributed by atoms with E-state index in [1.165, 1.54) is 16.9 Å². The fourth-order valence-corrected chi connectivity index (χ4v) is 6.02. The molecule has 0 saturated heterocycles. The number of phenolic OH excluding ortho intramolecular Hbond substituents is 1. The van der Waals surface area contributed by atoms with Crippen LogP contribution >= 0.6 is 11.8 Å². The highest BCUT2D eigenvalue weighted by atomic mass is 32.2. The molecule has 4 heteroatoms. The summed E-state index contributed by atoms with van der Waals surface area (Å²) in [6.45, 7) is 13.1. The first-order valence-electron chi connectivity index (χ1n) is 14.5. The zero-order valence-electron chi connectivity index (χ0n) is 25.1. The van der Waals surface area contributed by atoms with Crippen molar-refractivity contribution in [2.45, 2.75) is 77.7 Å². The highest BCUT2D eigenvalue weighted by Gasteiger charge is 2.26. The monoisotopic (exact) mass is 554 g/mol. The van der Waals surface area contributed by atoms with Crippen LogP contribution in [-0.2, 0) is 17.3 Å². The van der Waals surface area contributed by atoms with E-state index in [1.807, 2.05) is 11.8 Å². The summed E-state index contributed by atoms with van der Waals surface area (Å²) in [7, 11) is 0. The van der Waals surface area contributed by atoms with Crippen molar-refractivity contribution in [3.63, 3.8) is 0 Å². The number of thioether (sulfide) groups is 1. The molecule has 40 heavy (non-hydrogen) atoms. The molecule has 0 amide bonds. The average Bonchev–Trinajstić information content (AvgIpc) is 2.92. The second kappa shape index (κ2) is 13.0. The Balaban J connectivity index is 1.40. The lowest BCUT2D eigenvalue weighted by molar-refractivity contribution is 0.422. The predicted molar refractivity (Wildman–Crippen MR) is 176 cm³/mol. The summed E-state index contributed by atoms with van der Waals surface area (Å²) in [6, 6.07) is 24.3. The van der Waals surface area contributed by atoms with Crippen molar-refractivity contribution in [3.8, 4) is 5.75 Å². The second-order valence-corrected chi connectivity index (χ2v) is 13.9. The number of nitrogens with one attached hydrogen (secondary N) is 1. The minimum atomic E-state index is -0.0970. The summed E-state index contributed by atoms with van der Waals surface area (Å²) in [4.78, 5) is 2.40. The van der Waals surface area contributed by atoms with Gasteiger partial charge in [-0.05, 0) is 88.9 Å². The van der Waals surface area contributed by atoms with Gasteiger partial charge in [-0.15, -0.1) is 11.8 Å². The highest BCUT2D eigenvalue weighted by Crippen LogP contribution is 2.40. The van der Waals surface area contributed by atoms with E-state index in [2.05, 4.69) is 143 Å². The summed E-state index contributed by atoms with van der Waals surface area (Å²) in [6.07, 6.45) is 11.8. The lowest BCUT2D eigenvalue weighted by atomic mass is 9.78. The molecular weight excluding hydrogens is 508 g/mol. The van der Waals surface area contributed by atoms with Crippen molar-refractivity contribution in [2.75, 3.05) is 21.8 Å². The Labute approximate surface area is 246 Å². The van der Waals surface area contributed by atoms with Crippen molar-refractivity contribution in [2.24, 2.45) is 0 Å². The Hall–Kier alpha value is -3.11. The number of phenols is 1. The molecule has 0 heterocycles. The molecule has 0 radical (unpaired) electrons. The fraction of sp³-hybridized carbons (Fsp3) is 0.389. The first-order chi connectivity index (χ1) is 19.0. The fourth-order valence-electron chi connectivity index (χ4n) is 5.06. The van der Waals surface area contributed by atoms with Crippen LogP contribution in [0.4, 0.5) is 17.1 Å². The predicted octanol–water partition coefficient (Wildman–Crippen LogP) is 9.75. The van der Waals surface area contributed by atoms with Gasteiger partial charge in [0, 0.05) is 23.1 Å². The Morgan fingerprint density at radius 2 is 1.48 bits per heavy atom. The van der Waals surface area contributed by atoms with Crippen LogP contribution < -0.4 is 10.2 Å². The number of aromatic hydroxyl groups is 1. The van der Waals surface area contributed by atoms with Gasteiger partial charge in [-0.1, -0.05) is 96.2 Å². The zero-order chi connectivity index (χ0) is 28.8. The summed E-state index contributed by atoms with van der Waals surface area (Å²) in [5.41, 5.74) is 6.77. The van der Waals surface area contributed by atoms with Crippen molar-refractivity contribution >= 4 is 28.8 Å². The van der Waals surface area contributed by atoms with Gasteiger partial charge in [-0.25, -0.2) is 0 Å². The Bertz CT molecular complexity index is 1260. The van der Waals surface area contributed by atoms with Gasteiger partial charge in [-0.2, -0.15) is 0 Å². The van der Waals surface area contributed by atoms with Crippen LogP contribution in [0.1, 0.15) is 71.1 Å². The molecule has 0 fully saturated rings. The highest BCUT2D eigenvalue weighted by molar-refractivity contribution is 7.99. The molecule has 0 saturated carbocycles. The lowest BCUT2D eigenvalue weighted by Crippen LogP contribution is -2.18. The van der Waals surface area contributed by atoms with Gasteiger partial charge in [0.25, 0.3) is 0 Å². The van der Waals surface area contributed by atoms with Crippen LogP contribution in [-0.4, -0.2) is 22.8 Å². The number of aryl methyl sites for hydroxylation is 1. The third-order valence-electron chi connectivity index (χ3n) is 7.34. The van der Waals surface area contributed by atoms with Crippen LogP contribution in [0.25, 0.3) is 0 Å². The topological polar surface area (TPSA) is 35.5 Å². The molecule has 4 rings (SSSR count). The van der Waals surface area contributed by atoms with Gasteiger partial charge in [0.1, 0.15) is 5.75 Å². The van der Waals surface area contributed by atoms with E-state index >= 15 is 0 Å². The SMILES string of the molecule is CC(C)(C)c1cc(CCCSCN(c2ccccc2)c2ccc(NC3C=CC=CC3)cc2)cc(C(C)(C)C)c1O. The molecular formula is C36H46N2OS. The summed E-state index contributed by atoms with van der Waals surface area (Å²) in [5, 5.41) is 14.7. The maximum atomic E-state index is 11.1.